The second kappa shape index (κ2) is 16.3. The average molecular weight is 588 g/mol. The molecule has 8 nitrogen and oxygen atoms in total. The number of amides is 2. The second-order valence-electron chi connectivity index (χ2n) is 11.3. The van der Waals surface area contributed by atoms with Gasteiger partial charge in [-0.25, -0.2) is 0 Å². The highest BCUT2D eigenvalue weighted by Gasteiger charge is 2.33. The van der Waals surface area contributed by atoms with Crippen LogP contribution < -0.4 is 10.6 Å². The standard InChI is InChI=1S/C35H45N3O5/c1-25(28-10-6-4-7-11-28)38(3)23-32-22-33(29-15-13-27(24-39)14-16-29)43-35(42-32)30-17-19-31(20-18-30)37-34(41)12-8-5-9-21-36-26(2)40/h4,6-7,10-11,13-20,25,32-33,35,39H,5,8-9,12,21-24H2,1-3H3,(H,36,40)(H,37,41)/t25-,32-,33+,35+/m0/s1. The fourth-order valence-corrected chi connectivity index (χ4v) is 5.30. The van der Waals surface area contributed by atoms with Crippen LogP contribution in [-0.4, -0.2) is 48.1 Å². The quantitative estimate of drug-likeness (QED) is 0.199. The highest BCUT2D eigenvalue weighted by Crippen LogP contribution is 2.39. The van der Waals surface area contributed by atoms with Gasteiger partial charge in [0.1, 0.15) is 0 Å². The predicted molar refractivity (Wildman–Crippen MR) is 168 cm³/mol. The number of aliphatic hydroxyl groups is 1. The number of nitrogens with zero attached hydrogens (tertiary/aromatic N) is 1. The first-order valence-corrected chi connectivity index (χ1v) is 15.2. The molecule has 1 heterocycles. The van der Waals surface area contributed by atoms with Gasteiger partial charge in [0.15, 0.2) is 6.29 Å². The van der Waals surface area contributed by atoms with Crippen molar-refractivity contribution in [3.8, 4) is 0 Å². The largest absolute Gasteiger partial charge is 0.392 e. The zero-order valence-corrected chi connectivity index (χ0v) is 25.5. The lowest BCUT2D eigenvalue weighted by atomic mass is 9.99. The third-order valence-corrected chi connectivity index (χ3v) is 7.97. The van der Waals surface area contributed by atoms with E-state index in [4.69, 9.17) is 9.47 Å². The van der Waals surface area contributed by atoms with Crippen LogP contribution in [0.1, 0.15) is 86.6 Å². The lowest BCUT2D eigenvalue weighted by molar-refractivity contribution is -0.253. The van der Waals surface area contributed by atoms with Gasteiger partial charge >= 0.3 is 0 Å². The number of aliphatic hydroxyl groups excluding tert-OH is 1. The molecule has 2 amide bonds. The van der Waals surface area contributed by atoms with Gasteiger partial charge in [-0.15, -0.1) is 0 Å². The Morgan fingerprint density at radius 1 is 0.930 bits per heavy atom. The number of carbonyl (C=O) groups excluding carboxylic acids is 2. The molecule has 3 aromatic carbocycles. The van der Waals surface area contributed by atoms with Gasteiger partial charge < -0.3 is 25.2 Å². The second-order valence-corrected chi connectivity index (χ2v) is 11.3. The summed E-state index contributed by atoms with van der Waals surface area (Å²) in [4.78, 5) is 25.7. The molecule has 230 valence electrons. The molecule has 1 aliphatic rings. The van der Waals surface area contributed by atoms with Gasteiger partial charge in [-0.05, 0) is 55.6 Å². The number of unbranched alkanes of at least 4 members (excludes halogenated alkanes) is 2. The maximum atomic E-state index is 12.4. The molecule has 3 aromatic rings. The van der Waals surface area contributed by atoms with Crippen LogP contribution in [-0.2, 0) is 25.7 Å². The van der Waals surface area contributed by atoms with E-state index in [0.717, 1.165) is 48.2 Å². The van der Waals surface area contributed by atoms with Crippen LogP contribution in [0.15, 0.2) is 78.9 Å². The monoisotopic (exact) mass is 587 g/mol. The van der Waals surface area contributed by atoms with Gasteiger partial charge in [-0.1, -0.05) is 73.2 Å². The molecule has 1 aliphatic heterocycles. The fraction of sp³-hybridized carbons (Fsp3) is 0.429. The normalized spacial score (nSPS) is 19.1. The molecule has 3 N–H and O–H groups in total. The van der Waals surface area contributed by atoms with E-state index in [1.165, 1.54) is 12.5 Å². The summed E-state index contributed by atoms with van der Waals surface area (Å²) < 4.78 is 13.0. The first-order valence-electron chi connectivity index (χ1n) is 15.2. The van der Waals surface area contributed by atoms with Gasteiger partial charge in [0.05, 0.1) is 18.8 Å². The van der Waals surface area contributed by atoms with Crippen LogP contribution in [0.4, 0.5) is 5.69 Å². The van der Waals surface area contributed by atoms with Crippen molar-refractivity contribution in [2.24, 2.45) is 0 Å². The van der Waals surface area contributed by atoms with E-state index in [9.17, 15) is 14.7 Å². The molecule has 0 spiro atoms. The predicted octanol–water partition coefficient (Wildman–Crippen LogP) is 6.05. The van der Waals surface area contributed by atoms with E-state index in [1.807, 2.05) is 54.6 Å². The minimum atomic E-state index is -0.560. The first-order chi connectivity index (χ1) is 20.8. The molecule has 0 aromatic heterocycles. The summed E-state index contributed by atoms with van der Waals surface area (Å²) in [6, 6.07) is 26.2. The van der Waals surface area contributed by atoms with Gasteiger partial charge in [-0.3, -0.25) is 14.5 Å². The molecule has 4 atom stereocenters. The fourth-order valence-electron chi connectivity index (χ4n) is 5.30. The van der Waals surface area contributed by atoms with E-state index >= 15 is 0 Å². The maximum absolute atomic E-state index is 12.4. The Hall–Kier alpha value is -3.56. The Bertz CT molecular complexity index is 1280. The first kappa shape index (κ1) is 32.4. The van der Waals surface area contributed by atoms with Crippen LogP contribution >= 0.6 is 0 Å². The molecule has 1 saturated heterocycles. The van der Waals surface area contributed by atoms with E-state index < -0.39 is 6.29 Å². The van der Waals surface area contributed by atoms with Crippen LogP contribution in [0.5, 0.6) is 0 Å². The van der Waals surface area contributed by atoms with Crippen molar-refractivity contribution in [2.75, 3.05) is 25.5 Å². The van der Waals surface area contributed by atoms with Crippen molar-refractivity contribution in [2.45, 2.75) is 77.1 Å². The molecule has 0 unspecified atom stereocenters. The molecule has 0 radical (unpaired) electrons. The number of benzene rings is 3. The van der Waals surface area contributed by atoms with Crippen LogP contribution in [0.3, 0.4) is 0 Å². The summed E-state index contributed by atoms with van der Waals surface area (Å²) in [6.07, 6.45) is 2.86. The van der Waals surface area contributed by atoms with Gasteiger partial charge in [0.25, 0.3) is 0 Å². The van der Waals surface area contributed by atoms with E-state index in [0.29, 0.717) is 19.4 Å². The van der Waals surface area contributed by atoms with Crippen molar-refractivity contribution >= 4 is 17.5 Å². The number of carbonyl (C=O) groups is 2. The molecule has 1 fully saturated rings. The molecule has 8 heteroatoms. The summed E-state index contributed by atoms with van der Waals surface area (Å²) in [6.45, 7) is 5.09. The van der Waals surface area contributed by atoms with Crippen LogP contribution in [0.25, 0.3) is 0 Å². The van der Waals surface area contributed by atoms with E-state index in [1.54, 1.807) is 0 Å². The zero-order chi connectivity index (χ0) is 30.6. The minimum absolute atomic E-state index is 0.00379. The van der Waals surface area contributed by atoms with Crippen molar-refractivity contribution in [1.82, 2.24) is 10.2 Å². The van der Waals surface area contributed by atoms with Crippen molar-refractivity contribution in [3.05, 3.63) is 101 Å². The Balaban J connectivity index is 1.39. The van der Waals surface area contributed by atoms with Crippen LogP contribution in [0, 0.1) is 0 Å². The highest BCUT2D eigenvalue weighted by molar-refractivity contribution is 5.90. The summed E-state index contributed by atoms with van der Waals surface area (Å²) in [7, 11) is 2.12. The van der Waals surface area contributed by atoms with Crippen molar-refractivity contribution in [3.63, 3.8) is 0 Å². The SMILES string of the molecule is CC(=O)NCCCCCC(=O)Nc1ccc([C@@H]2O[C@H](CN(C)[C@@H](C)c3ccccc3)C[C@H](c3ccc(CO)cc3)O2)cc1. The molecular formula is C35H45N3O5. The summed E-state index contributed by atoms with van der Waals surface area (Å²) in [5.41, 5.74) is 4.79. The molecule has 0 saturated carbocycles. The van der Waals surface area contributed by atoms with Crippen molar-refractivity contribution in [1.29, 1.82) is 0 Å². The molecule has 0 aliphatic carbocycles. The number of likely N-dealkylation sites (N-methyl/N-ethyl adjacent to an activating group) is 1. The highest BCUT2D eigenvalue weighted by atomic mass is 16.7. The summed E-state index contributed by atoms with van der Waals surface area (Å²) in [5, 5.41) is 15.2. The molecule has 0 bridgehead atoms. The van der Waals surface area contributed by atoms with Crippen LogP contribution in [0.2, 0.25) is 0 Å². The number of anilines is 1. The number of hydrogen-bond acceptors (Lipinski definition) is 6. The van der Waals surface area contributed by atoms with Gasteiger partial charge in [-0.2, -0.15) is 0 Å². The zero-order valence-electron chi connectivity index (χ0n) is 25.5. The number of nitrogens with one attached hydrogen (secondary N) is 2. The Morgan fingerprint density at radius 2 is 1.63 bits per heavy atom. The van der Waals surface area contributed by atoms with E-state index in [-0.39, 0.29) is 36.7 Å². The molecule has 4 rings (SSSR count). The summed E-state index contributed by atoms with van der Waals surface area (Å²) in [5.74, 6) is -0.0579. The third-order valence-electron chi connectivity index (χ3n) is 7.97. The van der Waals surface area contributed by atoms with Gasteiger partial charge in [0.2, 0.25) is 11.8 Å². The number of ether oxygens (including phenoxy) is 2. The third kappa shape index (κ3) is 10.0. The lowest BCUT2D eigenvalue weighted by Gasteiger charge is -2.39. The maximum Gasteiger partial charge on any atom is 0.224 e. The minimum Gasteiger partial charge on any atom is -0.392 e. The Labute approximate surface area is 255 Å². The lowest BCUT2D eigenvalue weighted by Crippen LogP contribution is -2.38. The van der Waals surface area contributed by atoms with Gasteiger partial charge in [0, 0.05) is 50.1 Å². The topological polar surface area (TPSA) is 100 Å². The molecule has 43 heavy (non-hydrogen) atoms. The number of hydrogen-bond donors (Lipinski definition) is 3. The average Bonchev–Trinajstić information content (AvgIpc) is 3.03. The Kier molecular flexibility index (Phi) is 12.3. The Morgan fingerprint density at radius 3 is 2.30 bits per heavy atom. The molecular weight excluding hydrogens is 542 g/mol. The van der Waals surface area contributed by atoms with Crippen molar-refractivity contribution < 1.29 is 24.2 Å². The summed E-state index contributed by atoms with van der Waals surface area (Å²) >= 11 is 0. The number of rotatable bonds is 14. The van der Waals surface area contributed by atoms with E-state index in [2.05, 4.69) is 53.8 Å². The smallest absolute Gasteiger partial charge is 0.224 e.